The van der Waals surface area contributed by atoms with Gasteiger partial charge in [-0.3, -0.25) is 0 Å². The Morgan fingerprint density at radius 2 is 1.78 bits per heavy atom. The minimum atomic E-state index is 0.548. The quantitative estimate of drug-likeness (QED) is 0.467. The first kappa shape index (κ1) is 16.4. The van der Waals surface area contributed by atoms with Crippen LogP contribution >= 0.6 is 0 Å². The molecule has 2 aromatic heterocycles. The van der Waals surface area contributed by atoms with E-state index in [0.29, 0.717) is 6.04 Å². The highest BCUT2D eigenvalue weighted by molar-refractivity contribution is 5.88. The van der Waals surface area contributed by atoms with Gasteiger partial charge in [0.1, 0.15) is 5.52 Å². The van der Waals surface area contributed by atoms with Crippen molar-refractivity contribution >= 4 is 28.0 Å². The van der Waals surface area contributed by atoms with E-state index in [1.54, 1.807) is 0 Å². The van der Waals surface area contributed by atoms with Crippen LogP contribution in [0.5, 0.6) is 0 Å². The Balaban J connectivity index is 1.49. The molecular formula is C23H25N3O. The lowest BCUT2D eigenvalue weighted by Crippen LogP contribution is -2.33. The zero-order valence-electron chi connectivity index (χ0n) is 16.0. The van der Waals surface area contributed by atoms with E-state index >= 15 is 0 Å². The van der Waals surface area contributed by atoms with Gasteiger partial charge in [0.2, 0.25) is 0 Å². The lowest BCUT2D eigenvalue weighted by Gasteiger charge is -2.29. The summed E-state index contributed by atoms with van der Waals surface area (Å²) in [6.45, 7) is 0. The molecule has 1 aliphatic carbocycles. The number of hydrogen-bond donors (Lipinski definition) is 0. The number of fused-ring (bicyclic) bond motifs is 2. The molecule has 0 saturated heterocycles. The van der Waals surface area contributed by atoms with Crippen LogP contribution in [0.25, 0.3) is 33.1 Å². The molecule has 0 atom stereocenters. The third-order valence-corrected chi connectivity index (χ3v) is 6.02. The van der Waals surface area contributed by atoms with E-state index in [2.05, 4.69) is 66.2 Å². The molecule has 4 heteroatoms. The smallest absolute Gasteiger partial charge is 0.298 e. The normalized spacial score (nSPS) is 15.6. The molecule has 2 aromatic carbocycles. The van der Waals surface area contributed by atoms with Crippen LogP contribution in [0.15, 0.2) is 53.1 Å². The zero-order valence-corrected chi connectivity index (χ0v) is 16.0. The fourth-order valence-electron chi connectivity index (χ4n) is 4.33. The molecule has 4 nitrogen and oxygen atoms in total. The topological polar surface area (TPSA) is 34.2 Å². The second-order valence-electron chi connectivity index (χ2n) is 7.78. The van der Waals surface area contributed by atoms with Crippen LogP contribution in [0.3, 0.4) is 0 Å². The summed E-state index contributed by atoms with van der Waals surface area (Å²) >= 11 is 0. The van der Waals surface area contributed by atoms with Gasteiger partial charge in [-0.05, 0) is 54.3 Å². The van der Waals surface area contributed by atoms with Crippen molar-refractivity contribution in [1.82, 2.24) is 9.55 Å². The van der Waals surface area contributed by atoms with E-state index in [0.717, 1.165) is 17.1 Å². The van der Waals surface area contributed by atoms with Crippen molar-refractivity contribution in [2.75, 3.05) is 11.9 Å². The van der Waals surface area contributed by atoms with Crippen LogP contribution in [0.2, 0.25) is 0 Å². The molecule has 0 amide bonds. The summed E-state index contributed by atoms with van der Waals surface area (Å²) in [7, 11) is 4.19. The average molecular weight is 359 g/mol. The highest BCUT2D eigenvalue weighted by Gasteiger charge is 2.22. The molecule has 138 valence electrons. The molecule has 4 aromatic rings. The first-order valence-corrected chi connectivity index (χ1v) is 9.88. The Bertz CT molecular complexity index is 1100. The van der Waals surface area contributed by atoms with E-state index in [1.165, 1.54) is 54.1 Å². The predicted octanol–water partition coefficient (Wildman–Crippen LogP) is 5.76. The maximum atomic E-state index is 6.06. The van der Waals surface area contributed by atoms with Crippen molar-refractivity contribution in [3.63, 3.8) is 0 Å². The van der Waals surface area contributed by atoms with Crippen molar-refractivity contribution in [1.29, 1.82) is 0 Å². The minimum absolute atomic E-state index is 0.548. The van der Waals surface area contributed by atoms with Crippen molar-refractivity contribution < 1.29 is 4.42 Å². The van der Waals surface area contributed by atoms with Gasteiger partial charge < -0.3 is 13.9 Å². The number of rotatable bonds is 3. The summed E-state index contributed by atoms with van der Waals surface area (Å²) < 4.78 is 8.21. The van der Waals surface area contributed by atoms with Gasteiger partial charge in [0.25, 0.3) is 6.01 Å². The highest BCUT2D eigenvalue weighted by Crippen LogP contribution is 2.31. The fraction of sp³-hybridized carbons (Fsp3) is 0.348. The van der Waals surface area contributed by atoms with Gasteiger partial charge in [0.15, 0.2) is 5.58 Å². The van der Waals surface area contributed by atoms with Gasteiger partial charge in [-0.2, -0.15) is 4.98 Å². The zero-order chi connectivity index (χ0) is 18.4. The molecule has 27 heavy (non-hydrogen) atoms. The minimum Gasteiger partial charge on any atom is -0.423 e. The van der Waals surface area contributed by atoms with Gasteiger partial charge in [-0.15, -0.1) is 0 Å². The van der Waals surface area contributed by atoms with Crippen molar-refractivity contribution in [3.05, 3.63) is 48.7 Å². The molecule has 0 N–H and O–H groups in total. The molecule has 1 aliphatic rings. The Morgan fingerprint density at radius 1 is 1.00 bits per heavy atom. The van der Waals surface area contributed by atoms with Crippen LogP contribution < -0.4 is 4.90 Å². The monoisotopic (exact) mass is 359 g/mol. The van der Waals surface area contributed by atoms with Gasteiger partial charge in [-0.1, -0.05) is 31.4 Å². The number of aromatic nitrogens is 2. The molecule has 0 spiro atoms. The molecular weight excluding hydrogens is 334 g/mol. The van der Waals surface area contributed by atoms with Gasteiger partial charge >= 0.3 is 0 Å². The fourth-order valence-corrected chi connectivity index (χ4v) is 4.33. The van der Waals surface area contributed by atoms with Gasteiger partial charge in [-0.25, -0.2) is 0 Å². The van der Waals surface area contributed by atoms with Crippen molar-refractivity contribution in [3.8, 4) is 11.1 Å². The summed E-state index contributed by atoms with van der Waals surface area (Å²) in [5, 5.41) is 1.26. The molecule has 0 unspecified atom stereocenters. The molecule has 1 fully saturated rings. The maximum absolute atomic E-state index is 6.06. The Hall–Kier alpha value is -2.75. The van der Waals surface area contributed by atoms with E-state index < -0.39 is 0 Å². The number of oxazole rings is 1. The third kappa shape index (κ3) is 2.89. The first-order valence-electron chi connectivity index (χ1n) is 9.88. The lowest BCUT2D eigenvalue weighted by molar-refractivity contribution is 0.409. The van der Waals surface area contributed by atoms with Crippen molar-refractivity contribution in [2.45, 2.75) is 38.1 Å². The Labute approximate surface area is 159 Å². The number of benzene rings is 2. The largest absolute Gasteiger partial charge is 0.423 e. The molecule has 0 bridgehead atoms. The van der Waals surface area contributed by atoms with E-state index in [9.17, 15) is 0 Å². The summed E-state index contributed by atoms with van der Waals surface area (Å²) in [5.74, 6) is 0. The second kappa shape index (κ2) is 6.45. The van der Waals surface area contributed by atoms with Crippen LogP contribution in [0.1, 0.15) is 32.1 Å². The molecule has 0 radical (unpaired) electrons. The molecule has 5 rings (SSSR count). The molecule has 2 heterocycles. The molecule has 1 saturated carbocycles. The van der Waals surface area contributed by atoms with Gasteiger partial charge in [0.05, 0.1) is 0 Å². The number of hydrogen-bond acceptors (Lipinski definition) is 3. The molecule has 0 aliphatic heterocycles. The predicted molar refractivity (Wildman–Crippen MR) is 111 cm³/mol. The second-order valence-corrected chi connectivity index (χ2v) is 7.78. The first-order chi connectivity index (χ1) is 13.2. The number of aryl methyl sites for hydroxylation is 1. The van der Waals surface area contributed by atoms with E-state index in [4.69, 9.17) is 9.40 Å². The van der Waals surface area contributed by atoms with Crippen LogP contribution in [0, 0.1) is 0 Å². The lowest BCUT2D eigenvalue weighted by atomic mass is 9.95. The Kier molecular flexibility index (Phi) is 3.92. The van der Waals surface area contributed by atoms with Crippen LogP contribution in [0.4, 0.5) is 6.01 Å². The maximum Gasteiger partial charge on any atom is 0.298 e. The number of anilines is 1. The van der Waals surface area contributed by atoms with Gasteiger partial charge in [0, 0.05) is 37.2 Å². The van der Waals surface area contributed by atoms with Crippen molar-refractivity contribution in [2.24, 2.45) is 7.05 Å². The standard InChI is InChI=1S/C23H25N3O/c1-25-13-12-18-14-16(8-10-21(18)25)17-9-11-22-20(15-17)24-23(27-22)26(2)19-6-4-3-5-7-19/h8-15,19H,3-7H2,1-2H3. The SMILES string of the molecule is CN(c1nc2cc(-c3ccc4c(ccn4C)c3)ccc2o1)C1CCCCC1. The highest BCUT2D eigenvalue weighted by atomic mass is 16.4. The number of nitrogens with zero attached hydrogens (tertiary/aromatic N) is 3. The summed E-state index contributed by atoms with van der Waals surface area (Å²) in [6, 6.07) is 16.4. The Morgan fingerprint density at radius 3 is 2.63 bits per heavy atom. The average Bonchev–Trinajstić information content (AvgIpc) is 3.31. The van der Waals surface area contributed by atoms with E-state index in [1.807, 2.05) is 6.07 Å². The van der Waals surface area contributed by atoms with Crippen LogP contribution in [-0.2, 0) is 7.05 Å². The summed E-state index contributed by atoms with van der Waals surface area (Å²) in [6.07, 6.45) is 8.54. The summed E-state index contributed by atoms with van der Waals surface area (Å²) in [4.78, 5) is 7.03. The summed E-state index contributed by atoms with van der Waals surface area (Å²) in [5.41, 5.74) is 5.42. The van der Waals surface area contributed by atoms with E-state index in [-0.39, 0.29) is 0 Å². The third-order valence-electron chi connectivity index (χ3n) is 6.02. The van der Waals surface area contributed by atoms with Crippen LogP contribution in [-0.4, -0.2) is 22.6 Å².